The van der Waals surface area contributed by atoms with Gasteiger partial charge in [-0.05, 0) is 49.7 Å². The van der Waals surface area contributed by atoms with Crippen LogP contribution in [0.4, 0.5) is 5.69 Å². The average Bonchev–Trinajstić information content (AvgIpc) is 3.19. The number of aryl methyl sites for hydroxylation is 1. The summed E-state index contributed by atoms with van der Waals surface area (Å²) in [7, 11) is 1.89. The molecule has 4 aromatic rings. The lowest BCUT2D eigenvalue weighted by Crippen LogP contribution is -2.27. The van der Waals surface area contributed by atoms with E-state index in [1.165, 1.54) is 6.33 Å². The molecule has 0 saturated heterocycles. The molecule has 0 spiro atoms. The molecule has 0 fully saturated rings. The Morgan fingerprint density at radius 1 is 1.09 bits per heavy atom. The fourth-order valence-electron chi connectivity index (χ4n) is 3.41. The lowest BCUT2D eigenvalue weighted by atomic mass is 10.1. The van der Waals surface area contributed by atoms with E-state index < -0.39 is 0 Å². The highest BCUT2D eigenvalue weighted by Gasteiger charge is 2.15. The van der Waals surface area contributed by atoms with Crippen LogP contribution in [-0.4, -0.2) is 35.6 Å². The van der Waals surface area contributed by atoms with Gasteiger partial charge in [0.2, 0.25) is 0 Å². The molecule has 4 rings (SSSR count). The molecule has 1 atom stereocenters. The Kier molecular flexibility index (Phi) is 6.16. The lowest BCUT2D eigenvalue weighted by Gasteiger charge is -2.16. The normalized spacial score (nSPS) is 11.7. The smallest absolute Gasteiger partial charge is 0.251 e. The Hall–Kier alpha value is -4.14. The molecule has 2 N–H and O–H groups in total. The van der Waals surface area contributed by atoms with Crippen molar-refractivity contribution in [1.82, 2.24) is 35.0 Å². The van der Waals surface area contributed by atoms with E-state index >= 15 is 0 Å². The van der Waals surface area contributed by atoms with Crippen molar-refractivity contribution in [1.29, 1.82) is 0 Å². The molecule has 0 aliphatic heterocycles. The van der Waals surface area contributed by atoms with E-state index in [9.17, 15) is 4.79 Å². The van der Waals surface area contributed by atoms with Gasteiger partial charge in [0.05, 0.1) is 18.3 Å². The van der Waals surface area contributed by atoms with Crippen molar-refractivity contribution in [3.05, 3.63) is 83.8 Å². The Morgan fingerprint density at radius 3 is 2.75 bits per heavy atom. The zero-order chi connectivity index (χ0) is 22.5. The summed E-state index contributed by atoms with van der Waals surface area (Å²) in [6.07, 6.45) is 4.88. The van der Waals surface area contributed by atoms with Crippen LogP contribution in [0, 0.1) is 6.92 Å². The number of carbonyl (C=O) groups excluding carboxylic acids is 1. The topological polar surface area (TPSA) is 111 Å². The summed E-state index contributed by atoms with van der Waals surface area (Å²) in [5, 5.41) is 14.8. The van der Waals surface area contributed by atoms with E-state index in [1.54, 1.807) is 24.5 Å². The Balaban J connectivity index is 1.42. The lowest BCUT2D eigenvalue weighted by molar-refractivity contribution is 0.0939. The third-order valence-electron chi connectivity index (χ3n) is 5.16. The first kappa shape index (κ1) is 21.1. The summed E-state index contributed by atoms with van der Waals surface area (Å²) in [4.78, 5) is 25.3. The number of amides is 1. The van der Waals surface area contributed by atoms with Crippen LogP contribution in [0.1, 0.15) is 40.4 Å². The molecule has 9 nitrogen and oxygen atoms in total. The number of pyridine rings is 1. The highest BCUT2D eigenvalue weighted by atomic mass is 16.1. The molecule has 162 valence electrons. The van der Waals surface area contributed by atoms with Crippen molar-refractivity contribution in [2.24, 2.45) is 7.05 Å². The highest BCUT2D eigenvalue weighted by Crippen LogP contribution is 2.18. The number of hydrogen-bond acceptors (Lipinski definition) is 7. The second-order valence-corrected chi connectivity index (χ2v) is 7.43. The van der Waals surface area contributed by atoms with Gasteiger partial charge in [-0.25, -0.2) is 9.97 Å². The van der Waals surface area contributed by atoms with Crippen LogP contribution in [0.3, 0.4) is 0 Å². The predicted molar refractivity (Wildman–Crippen MR) is 121 cm³/mol. The molecular weight excluding hydrogens is 404 g/mol. The Morgan fingerprint density at radius 2 is 1.97 bits per heavy atom. The maximum Gasteiger partial charge on any atom is 0.251 e. The molecule has 0 radical (unpaired) electrons. The number of rotatable bonds is 7. The minimum atomic E-state index is -0.195. The van der Waals surface area contributed by atoms with Gasteiger partial charge in [0.25, 0.3) is 5.91 Å². The first-order valence-electron chi connectivity index (χ1n) is 10.2. The van der Waals surface area contributed by atoms with Gasteiger partial charge in [-0.15, -0.1) is 10.2 Å². The second-order valence-electron chi connectivity index (χ2n) is 7.43. The van der Waals surface area contributed by atoms with Crippen LogP contribution >= 0.6 is 0 Å². The molecule has 3 heterocycles. The van der Waals surface area contributed by atoms with Gasteiger partial charge in [-0.1, -0.05) is 12.1 Å². The number of hydrogen-bond donors (Lipinski definition) is 2. The number of nitrogens with zero attached hydrogens (tertiary/aromatic N) is 6. The fraction of sp³-hybridized carbons (Fsp3) is 0.217. The number of anilines is 1. The molecule has 1 aromatic carbocycles. The minimum Gasteiger partial charge on any atom is -0.378 e. The predicted octanol–water partition coefficient (Wildman–Crippen LogP) is 3.08. The molecule has 0 aliphatic rings. The molecular formula is C23H24N8O. The van der Waals surface area contributed by atoms with Crippen molar-refractivity contribution >= 4 is 11.6 Å². The van der Waals surface area contributed by atoms with Gasteiger partial charge in [-0.2, -0.15) is 0 Å². The minimum absolute atomic E-state index is 0.157. The van der Waals surface area contributed by atoms with E-state index in [2.05, 4.69) is 35.8 Å². The molecule has 32 heavy (non-hydrogen) atoms. The van der Waals surface area contributed by atoms with Crippen LogP contribution in [-0.2, 0) is 13.6 Å². The maximum atomic E-state index is 12.8. The van der Waals surface area contributed by atoms with Gasteiger partial charge in [0, 0.05) is 30.7 Å². The molecule has 3 aromatic heterocycles. The second kappa shape index (κ2) is 9.34. The Labute approximate surface area is 186 Å². The summed E-state index contributed by atoms with van der Waals surface area (Å²) >= 11 is 0. The SMILES string of the molecule is Cc1cccnc1C(C)NC(=O)c1cccc(NCc2nnc(-c3ccncn3)n2C)c1. The molecule has 1 amide bonds. The number of aromatic nitrogens is 6. The average molecular weight is 429 g/mol. The van der Waals surface area contributed by atoms with Crippen molar-refractivity contribution in [2.75, 3.05) is 5.32 Å². The molecule has 0 bridgehead atoms. The highest BCUT2D eigenvalue weighted by molar-refractivity contribution is 5.95. The van der Waals surface area contributed by atoms with Crippen molar-refractivity contribution in [3.8, 4) is 11.5 Å². The monoisotopic (exact) mass is 428 g/mol. The largest absolute Gasteiger partial charge is 0.378 e. The van der Waals surface area contributed by atoms with E-state index in [4.69, 9.17) is 0 Å². The third-order valence-corrected chi connectivity index (χ3v) is 5.16. The number of benzene rings is 1. The standard InChI is InChI=1S/C23H24N8O/c1-15-6-5-10-25-21(15)16(2)28-23(32)17-7-4-8-18(12-17)26-13-20-29-30-22(31(20)3)19-9-11-24-14-27-19/h4-12,14,16,26H,13H2,1-3H3,(H,28,32). The van der Waals surface area contributed by atoms with Crippen LogP contribution in [0.5, 0.6) is 0 Å². The van der Waals surface area contributed by atoms with Gasteiger partial charge in [0.15, 0.2) is 11.6 Å². The number of carbonyl (C=O) groups is 1. The molecule has 9 heteroatoms. The number of nitrogens with one attached hydrogen (secondary N) is 2. The summed E-state index contributed by atoms with van der Waals surface area (Å²) < 4.78 is 1.88. The van der Waals surface area contributed by atoms with Crippen molar-refractivity contribution in [2.45, 2.75) is 26.4 Å². The van der Waals surface area contributed by atoms with E-state index in [0.29, 0.717) is 23.6 Å². The summed E-state index contributed by atoms with van der Waals surface area (Å²) in [6, 6.07) is 12.8. The van der Waals surface area contributed by atoms with Gasteiger partial charge in [-0.3, -0.25) is 9.78 Å². The van der Waals surface area contributed by atoms with Crippen LogP contribution in [0.25, 0.3) is 11.5 Å². The summed E-state index contributed by atoms with van der Waals surface area (Å²) in [5.41, 5.74) is 3.98. The first-order chi connectivity index (χ1) is 15.5. The molecule has 1 unspecified atom stereocenters. The van der Waals surface area contributed by atoms with Crippen LogP contribution in [0.2, 0.25) is 0 Å². The van der Waals surface area contributed by atoms with E-state index in [1.807, 2.05) is 55.8 Å². The van der Waals surface area contributed by atoms with Crippen LogP contribution in [0.15, 0.2) is 61.2 Å². The Bertz CT molecular complexity index is 1220. The van der Waals surface area contributed by atoms with Gasteiger partial charge < -0.3 is 15.2 Å². The van der Waals surface area contributed by atoms with E-state index in [-0.39, 0.29) is 11.9 Å². The zero-order valence-electron chi connectivity index (χ0n) is 18.1. The fourth-order valence-corrected chi connectivity index (χ4v) is 3.41. The maximum absolute atomic E-state index is 12.8. The summed E-state index contributed by atoms with van der Waals surface area (Å²) in [5.74, 6) is 1.25. The van der Waals surface area contributed by atoms with E-state index in [0.717, 1.165) is 22.8 Å². The van der Waals surface area contributed by atoms with Gasteiger partial charge >= 0.3 is 0 Å². The van der Waals surface area contributed by atoms with Crippen molar-refractivity contribution < 1.29 is 4.79 Å². The molecule has 0 saturated carbocycles. The van der Waals surface area contributed by atoms with Crippen molar-refractivity contribution in [3.63, 3.8) is 0 Å². The zero-order valence-corrected chi connectivity index (χ0v) is 18.1. The first-order valence-corrected chi connectivity index (χ1v) is 10.2. The summed E-state index contributed by atoms with van der Waals surface area (Å²) in [6.45, 7) is 4.36. The quantitative estimate of drug-likeness (QED) is 0.465. The van der Waals surface area contributed by atoms with Gasteiger partial charge in [0.1, 0.15) is 12.0 Å². The van der Waals surface area contributed by atoms with Crippen LogP contribution < -0.4 is 10.6 Å². The third kappa shape index (κ3) is 4.61. The molecule has 0 aliphatic carbocycles.